The normalized spacial score (nSPS) is 15.9. The predicted octanol–water partition coefficient (Wildman–Crippen LogP) is 5.37. The summed E-state index contributed by atoms with van der Waals surface area (Å²) >= 11 is 0. The molecule has 1 atom stereocenters. The SMILES string of the molecule is CCOCCCN1C(=O)NC(c2ccc(CC)cc2)C(c2nc(-c3ccc(OC)c(F)c3)no2)=C1C. The lowest BCUT2D eigenvalue weighted by Crippen LogP contribution is -2.46. The monoisotopic (exact) mass is 494 g/mol. The van der Waals surface area contributed by atoms with E-state index in [1.807, 2.05) is 38.1 Å². The number of ether oxygens (including phenoxy) is 2. The van der Waals surface area contributed by atoms with E-state index in [0.717, 1.165) is 17.7 Å². The average Bonchev–Trinajstić information content (AvgIpc) is 3.37. The number of allylic oxidation sites excluding steroid dienone is 1. The maximum atomic E-state index is 14.3. The van der Waals surface area contributed by atoms with Crippen LogP contribution in [-0.4, -0.2) is 47.9 Å². The van der Waals surface area contributed by atoms with Crippen LogP contribution in [0.15, 0.2) is 52.7 Å². The maximum Gasteiger partial charge on any atom is 0.322 e. The highest BCUT2D eigenvalue weighted by Gasteiger charge is 2.35. The summed E-state index contributed by atoms with van der Waals surface area (Å²) in [6, 6.07) is 11.9. The van der Waals surface area contributed by atoms with E-state index < -0.39 is 11.9 Å². The van der Waals surface area contributed by atoms with E-state index in [0.29, 0.717) is 37.3 Å². The van der Waals surface area contributed by atoms with Gasteiger partial charge in [-0.25, -0.2) is 9.18 Å². The number of carbonyl (C=O) groups is 1. The molecular formula is C27H31FN4O4. The summed E-state index contributed by atoms with van der Waals surface area (Å²) in [5.74, 6) is 0.121. The van der Waals surface area contributed by atoms with Gasteiger partial charge in [0.1, 0.15) is 0 Å². The van der Waals surface area contributed by atoms with E-state index in [4.69, 9.17) is 14.0 Å². The van der Waals surface area contributed by atoms with Crippen LogP contribution in [0.2, 0.25) is 0 Å². The molecule has 1 N–H and O–H groups in total. The number of rotatable bonds is 10. The number of nitrogens with zero attached hydrogens (tertiary/aromatic N) is 3. The second-order valence-electron chi connectivity index (χ2n) is 8.45. The van der Waals surface area contributed by atoms with E-state index in [2.05, 4.69) is 22.4 Å². The van der Waals surface area contributed by atoms with Gasteiger partial charge in [0.25, 0.3) is 5.89 Å². The number of aromatic nitrogens is 2. The minimum atomic E-state index is -0.518. The number of halogens is 1. The smallest absolute Gasteiger partial charge is 0.322 e. The van der Waals surface area contributed by atoms with E-state index in [9.17, 15) is 9.18 Å². The first-order chi connectivity index (χ1) is 17.5. The van der Waals surface area contributed by atoms with Gasteiger partial charge in [0.05, 0.1) is 18.7 Å². The Hall–Kier alpha value is -3.72. The Morgan fingerprint density at radius 3 is 2.61 bits per heavy atom. The first kappa shape index (κ1) is 25.4. The summed E-state index contributed by atoms with van der Waals surface area (Å²) in [6.07, 6.45) is 1.60. The number of urea groups is 1. The Morgan fingerprint density at radius 2 is 1.94 bits per heavy atom. The molecule has 2 aromatic carbocycles. The van der Waals surface area contributed by atoms with Gasteiger partial charge in [-0.15, -0.1) is 0 Å². The number of benzene rings is 2. The second-order valence-corrected chi connectivity index (χ2v) is 8.45. The Bertz CT molecular complexity index is 1240. The number of hydrogen-bond donors (Lipinski definition) is 1. The van der Waals surface area contributed by atoms with Crippen LogP contribution in [0.3, 0.4) is 0 Å². The number of carbonyl (C=O) groups excluding carboxylic acids is 1. The summed E-state index contributed by atoms with van der Waals surface area (Å²) in [5.41, 5.74) is 3.97. The predicted molar refractivity (Wildman–Crippen MR) is 134 cm³/mol. The third kappa shape index (κ3) is 5.26. The second kappa shape index (κ2) is 11.3. The van der Waals surface area contributed by atoms with Crippen molar-refractivity contribution in [3.05, 3.63) is 71.0 Å². The minimum absolute atomic E-state index is 0.134. The molecule has 1 unspecified atom stereocenters. The fourth-order valence-corrected chi connectivity index (χ4v) is 4.25. The standard InChI is InChI=1S/C27H31FN4O4/c1-5-18-8-10-19(11-9-18)24-23(17(3)32(27(33)29-24)14-7-15-35-6-2)26-30-25(31-36-26)20-12-13-22(34-4)21(28)16-20/h8-13,16,24H,5-7,14-15H2,1-4H3,(H,29,33). The van der Waals surface area contributed by atoms with Crippen LogP contribution in [0, 0.1) is 5.82 Å². The summed E-state index contributed by atoms with van der Waals surface area (Å²) in [6.45, 7) is 7.56. The molecule has 0 radical (unpaired) electrons. The Morgan fingerprint density at radius 1 is 1.17 bits per heavy atom. The first-order valence-electron chi connectivity index (χ1n) is 12.1. The molecule has 1 aliphatic heterocycles. The molecule has 1 aliphatic rings. The van der Waals surface area contributed by atoms with Gasteiger partial charge in [-0.2, -0.15) is 4.98 Å². The number of amides is 2. The summed E-state index contributed by atoms with van der Waals surface area (Å²) in [4.78, 5) is 19.3. The highest BCUT2D eigenvalue weighted by Crippen LogP contribution is 2.37. The number of methoxy groups -OCH3 is 1. The van der Waals surface area contributed by atoms with E-state index in [1.54, 1.807) is 11.0 Å². The van der Waals surface area contributed by atoms with Crippen molar-refractivity contribution in [3.63, 3.8) is 0 Å². The summed E-state index contributed by atoms with van der Waals surface area (Å²) < 4.78 is 30.4. The number of aryl methyl sites for hydroxylation is 1. The van der Waals surface area contributed by atoms with E-state index in [1.165, 1.54) is 24.8 Å². The van der Waals surface area contributed by atoms with Crippen LogP contribution in [-0.2, 0) is 11.2 Å². The van der Waals surface area contributed by atoms with Gasteiger partial charge < -0.3 is 19.3 Å². The molecule has 0 spiro atoms. The quantitative estimate of drug-likeness (QED) is 0.381. The molecular weight excluding hydrogens is 463 g/mol. The van der Waals surface area contributed by atoms with Crippen LogP contribution < -0.4 is 10.1 Å². The molecule has 1 aromatic heterocycles. The zero-order valence-electron chi connectivity index (χ0n) is 21.0. The van der Waals surface area contributed by atoms with Crippen molar-refractivity contribution in [2.75, 3.05) is 26.9 Å². The highest BCUT2D eigenvalue weighted by molar-refractivity contribution is 5.86. The fourth-order valence-electron chi connectivity index (χ4n) is 4.25. The number of nitrogens with one attached hydrogen (secondary N) is 1. The van der Waals surface area contributed by atoms with Gasteiger partial charge in [-0.1, -0.05) is 36.3 Å². The molecule has 36 heavy (non-hydrogen) atoms. The fraction of sp³-hybridized carbons (Fsp3) is 0.370. The minimum Gasteiger partial charge on any atom is -0.494 e. The van der Waals surface area contributed by atoms with Crippen LogP contribution in [0.25, 0.3) is 17.0 Å². The Labute approximate surface area is 210 Å². The molecule has 3 aromatic rings. The highest BCUT2D eigenvalue weighted by atomic mass is 19.1. The van der Waals surface area contributed by atoms with Crippen LogP contribution in [0.4, 0.5) is 9.18 Å². The van der Waals surface area contributed by atoms with Crippen molar-refractivity contribution in [2.45, 2.75) is 39.7 Å². The summed E-state index contributed by atoms with van der Waals surface area (Å²) in [7, 11) is 1.41. The molecule has 2 amide bonds. The van der Waals surface area contributed by atoms with Crippen LogP contribution in [0.5, 0.6) is 5.75 Å². The Kier molecular flexibility index (Phi) is 8.00. The van der Waals surface area contributed by atoms with Crippen LogP contribution >= 0.6 is 0 Å². The maximum absolute atomic E-state index is 14.3. The molecule has 0 fully saturated rings. The topological polar surface area (TPSA) is 89.7 Å². The van der Waals surface area contributed by atoms with Gasteiger partial charge in [-0.05, 0) is 56.0 Å². The molecule has 2 heterocycles. The third-order valence-corrected chi connectivity index (χ3v) is 6.26. The first-order valence-corrected chi connectivity index (χ1v) is 12.1. The molecule has 4 rings (SSSR count). The van der Waals surface area contributed by atoms with E-state index in [-0.39, 0.29) is 23.5 Å². The van der Waals surface area contributed by atoms with Gasteiger partial charge >= 0.3 is 6.03 Å². The van der Waals surface area contributed by atoms with Gasteiger partial charge in [0, 0.05) is 31.0 Å². The molecule has 0 aliphatic carbocycles. The zero-order chi connectivity index (χ0) is 25.7. The number of hydrogen-bond acceptors (Lipinski definition) is 6. The Balaban J connectivity index is 1.73. The van der Waals surface area contributed by atoms with Crippen molar-refractivity contribution in [1.29, 1.82) is 0 Å². The summed E-state index contributed by atoms with van der Waals surface area (Å²) in [5, 5.41) is 7.20. The van der Waals surface area contributed by atoms with Crippen LogP contribution in [0.1, 0.15) is 50.3 Å². The van der Waals surface area contributed by atoms with Crippen molar-refractivity contribution in [2.24, 2.45) is 0 Å². The lowest BCUT2D eigenvalue weighted by Gasteiger charge is -2.35. The molecule has 0 saturated carbocycles. The zero-order valence-corrected chi connectivity index (χ0v) is 21.0. The lowest BCUT2D eigenvalue weighted by atomic mass is 9.93. The molecule has 0 saturated heterocycles. The van der Waals surface area contributed by atoms with E-state index >= 15 is 0 Å². The van der Waals surface area contributed by atoms with Crippen molar-refractivity contribution < 1.29 is 23.2 Å². The molecule has 9 heteroatoms. The van der Waals surface area contributed by atoms with Crippen molar-refractivity contribution in [1.82, 2.24) is 20.4 Å². The molecule has 0 bridgehead atoms. The van der Waals surface area contributed by atoms with Gasteiger partial charge in [0.2, 0.25) is 5.82 Å². The van der Waals surface area contributed by atoms with Gasteiger partial charge in [0.15, 0.2) is 11.6 Å². The van der Waals surface area contributed by atoms with Crippen molar-refractivity contribution >= 4 is 11.6 Å². The largest absolute Gasteiger partial charge is 0.494 e. The molecule has 8 nitrogen and oxygen atoms in total. The van der Waals surface area contributed by atoms with Gasteiger partial charge in [-0.3, -0.25) is 4.90 Å². The average molecular weight is 495 g/mol. The molecule has 190 valence electrons. The van der Waals surface area contributed by atoms with Crippen molar-refractivity contribution in [3.8, 4) is 17.1 Å². The third-order valence-electron chi connectivity index (χ3n) is 6.26. The lowest BCUT2D eigenvalue weighted by molar-refractivity contribution is 0.136.